The molecule has 1 amide bonds. The Labute approximate surface area is 140 Å². The lowest BCUT2D eigenvalue weighted by Crippen LogP contribution is -2.23. The van der Waals surface area contributed by atoms with Crippen LogP contribution < -0.4 is 5.32 Å². The Kier molecular flexibility index (Phi) is 3.56. The minimum atomic E-state index is -0.00189. The summed E-state index contributed by atoms with van der Waals surface area (Å²) < 4.78 is 2.00. The van der Waals surface area contributed by atoms with Gasteiger partial charge in [0.2, 0.25) is 5.91 Å². The highest BCUT2D eigenvalue weighted by molar-refractivity contribution is 5.95. The Hall–Kier alpha value is -2.69. The van der Waals surface area contributed by atoms with Crippen LogP contribution in [0.15, 0.2) is 36.5 Å². The van der Waals surface area contributed by atoms with E-state index in [0.717, 1.165) is 40.7 Å². The van der Waals surface area contributed by atoms with E-state index in [1.807, 2.05) is 23.0 Å². The van der Waals surface area contributed by atoms with E-state index in [2.05, 4.69) is 47.4 Å². The molecule has 4 rings (SSSR count). The number of anilines is 1. The summed E-state index contributed by atoms with van der Waals surface area (Å²) in [6, 6.07) is 10.2. The van der Waals surface area contributed by atoms with Gasteiger partial charge >= 0.3 is 0 Å². The number of para-hydroxylation sites is 1. The van der Waals surface area contributed by atoms with Gasteiger partial charge in [0.15, 0.2) is 5.82 Å². The Bertz CT molecular complexity index is 923. The number of carbonyl (C=O) groups excluding carboxylic acids is 1. The van der Waals surface area contributed by atoms with Gasteiger partial charge in [0, 0.05) is 41.7 Å². The van der Waals surface area contributed by atoms with Crippen LogP contribution >= 0.6 is 0 Å². The minimum absolute atomic E-state index is 0.00189. The van der Waals surface area contributed by atoms with E-state index in [-0.39, 0.29) is 11.8 Å². The molecule has 24 heavy (non-hydrogen) atoms. The SMILES string of the molecule is CCCn1nc2c(c1C)[C@H](c1cccc3cccnc13)CC(=O)N2. The molecule has 5 heteroatoms. The highest BCUT2D eigenvalue weighted by atomic mass is 16.1. The standard InChI is InChI=1S/C19H20N4O/c1-3-10-23-12(2)17-15(11-16(24)21-19(17)22-23)14-8-4-6-13-7-5-9-20-18(13)14/h4-9,15H,3,10-11H2,1-2H3,(H,21,22,24)/t15-/m0/s1. The third-order valence-electron chi connectivity index (χ3n) is 4.72. The lowest BCUT2D eigenvalue weighted by Gasteiger charge is -2.23. The van der Waals surface area contributed by atoms with Crippen molar-refractivity contribution in [3.05, 3.63) is 53.3 Å². The number of carbonyl (C=O) groups is 1. The van der Waals surface area contributed by atoms with Gasteiger partial charge in [-0.2, -0.15) is 5.10 Å². The summed E-state index contributed by atoms with van der Waals surface area (Å²) in [5.74, 6) is 0.717. The quantitative estimate of drug-likeness (QED) is 0.802. The molecular weight excluding hydrogens is 300 g/mol. The van der Waals surface area contributed by atoms with Crippen LogP contribution in [0.4, 0.5) is 5.82 Å². The van der Waals surface area contributed by atoms with Crippen LogP contribution in [0.2, 0.25) is 0 Å². The molecule has 1 atom stereocenters. The van der Waals surface area contributed by atoms with Crippen LogP contribution in [-0.4, -0.2) is 20.7 Å². The first-order valence-electron chi connectivity index (χ1n) is 8.39. The van der Waals surface area contributed by atoms with E-state index in [1.165, 1.54) is 0 Å². The van der Waals surface area contributed by atoms with Gasteiger partial charge in [-0.3, -0.25) is 14.5 Å². The molecule has 2 aromatic heterocycles. The predicted molar refractivity (Wildman–Crippen MR) is 94.1 cm³/mol. The molecule has 5 nitrogen and oxygen atoms in total. The van der Waals surface area contributed by atoms with Crippen molar-refractivity contribution in [3.8, 4) is 0 Å². The summed E-state index contributed by atoms with van der Waals surface area (Å²) in [4.78, 5) is 16.8. The normalized spacial score (nSPS) is 16.9. The van der Waals surface area contributed by atoms with E-state index in [9.17, 15) is 4.79 Å². The van der Waals surface area contributed by atoms with Gasteiger partial charge in [0.1, 0.15) is 0 Å². The smallest absolute Gasteiger partial charge is 0.226 e. The number of hydrogen-bond donors (Lipinski definition) is 1. The molecule has 1 N–H and O–H groups in total. The maximum absolute atomic E-state index is 12.2. The zero-order valence-electron chi connectivity index (χ0n) is 13.9. The van der Waals surface area contributed by atoms with Gasteiger partial charge in [0.25, 0.3) is 0 Å². The molecule has 0 saturated carbocycles. The molecule has 1 aliphatic heterocycles. The van der Waals surface area contributed by atoms with Gasteiger partial charge in [0.05, 0.1) is 5.52 Å². The van der Waals surface area contributed by atoms with Crippen LogP contribution in [0.1, 0.15) is 42.5 Å². The number of aryl methyl sites for hydroxylation is 1. The molecule has 0 radical (unpaired) electrons. The van der Waals surface area contributed by atoms with E-state index >= 15 is 0 Å². The molecule has 0 aliphatic carbocycles. The second kappa shape index (κ2) is 5.74. The summed E-state index contributed by atoms with van der Waals surface area (Å²) in [6.45, 7) is 5.07. The van der Waals surface area contributed by atoms with Crippen molar-refractivity contribution in [2.75, 3.05) is 5.32 Å². The average molecular weight is 320 g/mol. The number of benzene rings is 1. The highest BCUT2D eigenvalue weighted by Gasteiger charge is 2.32. The van der Waals surface area contributed by atoms with Crippen molar-refractivity contribution in [1.29, 1.82) is 0 Å². The molecule has 0 bridgehead atoms. The molecule has 0 saturated heterocycles. The fourth-order valence-electron chi connectivity index (χ4n) is 3.64. The molecule has 1 aliphatic rings. The Morgan fingerprint density at radius 2 is 2.12 bits per heavy atom. The van der Waals surface area contributed by atoms with Crippen molar-refractivity contribution in [2.45, 2.75) is 39.2 Å². The monoisotopic (exact) mass is 320 g/mol. The number of aromatic nitrogens is 3. The first-order chi connectivity index (χ1) is 11.7. The van der Waals surface area contributed by atoms with E-state index in [4.69, 9.17) is 0 Å². The zero-order valence-corrected chi connectivity index (χ0v) is 13.9. The third-order valence-corrected chi connectivity index (χ3v) is 4.72. The molecule has 3 aromatic rings. The van der Waals surface area contributed by atoms with Gasteiger partial charge in [-0.25, -0.2) is 0 Å². The second-order valence-corrected chi connectivity index (χ2v) is 6.30. The summed E-state index contributed by atoms with van der Waals surface area (Å²) in [6.07, 6.45) is 3.25. The molecule has 122 valence electrons. The first kappa shape index (κ1) is 14.9. The maximum Gasteiger partial charge on any atom is 0.226 e. The Balaban J connectivity index is 1.92. The van der Waals surface area contributed by atoms with Crippen LogP contribution in [-0.2, 0) is 11.3 Å². The topological polar surface area (TPSA) is 59.8 Å². The molecule has 1 aromatic carbocycles. The summed E-state index contributed by atoms with van der Waals surface area (Å²) >= 11 is 0. The number of hydrogen-bond acceptors (Lipinski definition) is 3. The predicted octanol–water partition coefficient (Wildman–Crippen LogP) is 3.62. The number of fused-ring (bicyclic) bond motifs is 2. The molecule has 0 spiro atoms. The fourth-order valence-corrected chi connectivity index (χ4v) is 3.64. The first-order valence-corrected chi connectivity index (χ1v) is 8.39. The van der Waals surface area contributed by atoms with E-state index in [0.29, 0.717) is 12.2 Å². The lowest BCUT2D eigenvalue weighted by atomic mass is 9.84. The van der Waals surface area contributed by atoms with Gasteiger partial charge in [-0.05, 0) is 25.0 Å². The Morgan fingerprint density at radius 3 is 2.96 bits per heavy atom. The van der Waals surface area contributed by atoms with Crippen LogP contribution in [0.3, 0.4) is 0 Å². The number of rotatable bonds is 3. The fraction of sp³-hybridized carbons (Fsp3) is 0.316. The number of nitrogens with one attached hydrogen (secondary N) is 1. The van der Waals surface area contributed by atoms with E-state index < -0.39 is 0 Å². The summed E-state index contributed by atoms with van der Waals surface area (Å²) in [5.41, 5.74) is 4.32. The second-order valence-electron chi connectivity index (χ2n) is 6.30. The number of pyridine rings is 1. The molecular formula is C19H20N4O. The Morgan fingerprint density at radius 1 is 1.29 bits per heavy atom. The third kappa shape index (κ3) is 2.28. The average Bonchev–Trinajstić information content (AvgIpc) is 2.90. The molecule has 3 heterocycles. The van der Waals surface area contributed by atoms with Gasteiger partial charge in [-0.1, -0.05) is 31.2 Å². The largest absolute Gasteiger partial charge is 0.309 e. The van der Waals surface area contributed by atoms with Gasteiger partial charge in [-0.15, -0.1) is 0 Å². The van der Waals surface area contributed by atoms with Gasteiger partial charge < -0.3 is 5.32 Å². The van der Waals surface area contributed by atoms with Crippen molar-refractivity contribution >= 4 is 22.6 Å². The summed E-state index contributed by atoms with van der Waals surface area (Å²) in [5, 5.41) is 8.64. The summed E-state index contributed by atoms with van der Waals surface area (Å²) in [7, 11) is 0. The highest BCUT2D eigenvalue weighted by Crippen LogP contribution is 2.40. The number of nitrogens with zero attached hydrogens (tertiary/aromatic N) is 3. The molecule has 0 unspecified atom stereocenters. The lowest BCUT2D eigenvalue weighted by molar-refractivity contribution is -0.116. The maximum atomic E-state index is 12.2. The van der Waals surface area contributed by atoms with Crippen molar-refractivity contribution < 1.29 is 4.79 Å². The minimum Gasteiger partial charge on any atom is -0.309 e. The van der Waals surface area contributed by atoms with Crippen molar-refractivity contribution in [1.82, 2.24) is 14.8 Å². The van der Waals surface area contributed by atoms with Crippen molar-refractivity contribution in [2.24, 2.45) is 0 Å². The van der Waals surface area contributed by atoms with Crippen LogP contribution in [0.25, 0.3) is 10.9 Å². The number of amides is 1. The van der Waals surface area contributed by atoms with E-state index in [1.54, 1.807) is 0 Å². The van der Waals surface area contributed by atoms with Crippen LogP contribution in [0.5, 0.6) is 0 Å². The molecule has 0 fully saturated rings. The zero-order chi connectivity index (χ0) is 16.7. The van der Waals surface area contributed by atoms with Crippen molar-refractivity contribution in [3.63, 3.8) is 0 Å². The van der Waals surface area contributed by atoms with Crippen LogP contribution in [0, 0.1) is 6.92 Å².